The van der Waals surface area contributed by atoms with Crippen LogP contribution in [0.5, 0.6) is 0 Å². The lowest BCUT2D eigenvalue weighted by Crippen LogP contribution is -2.41. The maximum absolute atomic E-state index is 12.0. The number of rotatable bonds is 5. The normalized spacial score (nSPS) is 18.4. The van der Waals surface area contributed by atoms with Crippen molar-refractivity contribution in [2.75, 3.05) is 13.2 Å². The van der Waals surface area contributed by atoms with E-state index in [4.69, 9.17) is 9.94 Å². The number of benzene rings is 1. The largest absolute Gasteiger partial charge is 0.396 e. The Labute approximate surface area is 118 Å². The Hall–Kier alpha value is -1.88. The molecule has 1 unspecified atom stereocenters. The van der Waals surface area contributed by atoms with E-state index in [-0.39, 0.29) is 17.9 Å². The van der Waals surface area contributed by atoms with Crippen LogP contribution in [0, 0.1) is 5.41 Å². The summed E-state index contributed by atoms with van der Waals surface area (Å²) < 4.78 is 0. The minimum Gasteiger partial charge on any atom is -0.396 e. The zero-order valence-electron chi connectivity index (χ0n) is 11.8. The monoisotopic (exact) mass is 276 g/mol. The van der Waals surface area contributed by atoms with Crippen molar-refractivity contribution in [1.82, 2.24) is 5.32 Å². The molecule has 108 valence electrons. The van der Waals surface area contributed by atoms with Gasteiger partial charge in [0.1, 0.15) is 0 Å². The molecule has 0 bridgehead atoms. The molecule has 0 fully saturated rings. The van der Waals surface area contributed by atoms with Gasteiger partial charge in [-0.1, -0.05) is 49.3 Å². The Bertz CT molecular complexity index is 497. The zero-order valence-corrected chi connectivity index (χ0v) is 11.8. The second-order valence-electron chi connectivity index (χ2n) is 5.74. The topological polar surface area (TPSA) is 70.9 Å². The summed E-state index contributed by atoms with van der Waals surface area (Å²) in [5.41, 5.74) is 1.42. The molecule has 0 aromatic heterocycles. The first-order valence-electron chi connectivity index (χ1n) is 6.68. The quantitative estimate of drug-likeness (QED) is 0.852. The number of aliphatic hydroxyl groups is 1. The molecule has 1 atom stereocenters. The molecule has 0 radical (unpaired) electrons. The van der Waals surface area contributed by atoms with Gasteiger partial charge in [-0.25, -0.2) is 0 Å². The lowest BCUT2D eigenvalue weighted by Gasteiger charge is -2.22. The molecule has 0 aliphatic carbocycles. The minimum absolute atomic E-state index is 0.0184. The summed E-state index contributed by atoms with van der Waals surface area (Å²) in [7, 11) is 0. The third kappa shape index (κ3) is 3.57. The van der Waals surface area contributed by atoms with E-state index >= 15 is 0 Å². The van der Waals surface area contributed by atoms with Gasteiger partial charge in [0.25, 0.3) is 5.91 Å². The van der Waals surface area contributed by atoms with Crippen LogP contribution in [-0.4, -0.2) is 36.0 Å². The van der Waals surface area contributed by atoms with Crippen molar-refractivity contribution < 1.29 is 14.7 Å². The van der Waals surface area contributed by atoms with Gasteiger partial charge in [0, 0.05) is 25.0 Å². The van der Waals surface area contributed by atoms with E-state index in [2.05, 4.69) is 10.5 Å². The number of hydrogen-bond acceptors (Lipinski definition) is 4. The number of oxime groups is 1. The van der Waals surface area contributed by atoms with Crippen LogP contribution in [0.15, 0.2) is 35.5 Å². The Balaban J connectivity index is 1.87. The van der Waals surface area contributed by atoms with Gasteiger partial charge in [0.15, 0.2) is 0 Å². The second kappa shape index (κ2) is 6.05. The maximum atomic E-state index is 12.0. The average molecular weight is 276 g/mol. The molecule has 5 heteroatoms. The number of carbonyl (C=O) groups excluding carboxylic acids is 1. The van der Waals surface area contributed by atoms with Crippen LogP contribution < -0.4 is 5.32 Å². The lowest BCUT2D eigenvalue weighted by atomic mass is 9.95. The van der Waals surface area contributed by atoms with Gasteiger partial charge in [-0.15, -0.1) is 0 Å². The second-order valence-corrected chi connectivity index (χ2v) is 5.74. The molecule has 0 saturated carbocycles. The molecule has 1 aromatic carbocycles. The van der Waals surface area contributed by atoms with Gasteiger partial charge >= 0.3 is 0 Å². The Morgan fingerprint density at radius 2 is 2.15 bits per heavy atom. The van der Waals surface area contributed by atoms with Crippen molar-refractivity contribution >= 4 is 11.6 Å². The minimum atomic E-state index is -0.584. The molecule has 0 spiro atoms. The van der Waals surface area contributed by atoms with Crippen molar-refractivity contribution in [3.63, 3.8) is 0 Å². The number of aliphatic hydroxyl groups excluding tert-OH is 1. The van der Waals surface area contributed by atoms with Crippen LogP contribution in [-0.2, 0) is 9.63 Å². The predicted molar refractivity (Wildman–Crippen MR) is 76.3 cm³/mol. The van der Waals surface area contributed by atoms with E-state index in [1.165, 1.54) is 0 Å². The predicted octanol–water partition coefficient (Wildman–Crippen LogP) is 1.31. The van der Waals surface area contributed by atoms with Crippen LogP contribution in [0.4, 0.5) is 0 Å². The highest BCUT2D eigenvalue weighted by molar-refractivity contribution is 6.04. The first-order chi connectivity index (χ1) is 9.52. The van der Waals surface area contributed by atoms with Crippen molar-refractivity contribution in [3.8, 4) is 0 Å². The highest BCUT2D eigenvalue weighted by Crippen LogP contribution is 2.17. The summed E-state index contributed by atoms with van der Waals surface area (Å²) in [4.78, 5) is 17.2. The number of nitrogens with one attached hydrogen (secondary N) is 1. The molecular formula is C15H20N2O3. The van der Waals surface area contributed by atoms with Crippen molar-refractivity contribution in [2.24, 2.45) is 10.6 Å². The molecule has 2 rings (SSSR count). The SMILES string of the molecule is CC(C)(CO)CNC(=O)C1CC(c2ccccc2)=NO1. The molecule has 1 amide bonds. The van der Waals surface area contributed by atoms with Gasteiger partial charge in [-0.3, -0.25) is 4.79 Å². The van der Waals surface area contributed by atoms with Crippen molar-refractivity contribution in [2.45, 2.75) is 26.4 Å². The number of hydrogen-bond donors (Lipinski definition) is 2. The van der Waals surface area contributed by atoms with Gasteiger partial charge in [-0.05, 0) is 5.56 Å². The van der Waals surface area contributed by atoms with E-state index in [1.807, 2.05) is 44.2 Å². The summed E-state index contributed by atoms with van der Waals surface area (Å²) in [6.45, 7) is 4.19. The molecule has 1 aliphatic heterocycles. The van der Waals surface area contributed by atoms with Crippen LogP contribution in [0.1, 0.15) is 25.8 Å². The fraction of sp³-hybridized carbons (Fsp3) is 0.467. The first kappa shape index (κ1) is 14.5. The Morgan fingerprint density at radius 1 is 1.45 bits per heavy atom. The molecule has 1 aliphatic rings. The number of nitrogens with zero attached hydrogens (tertiary/aromatic N) is 1. The standard InChI is InChI=1S/C15H20N2O3/c1-15(2,10-18)9-16-14(19)13-8-12(17-20-13)11-6-4-3-5-7-11/h3-7,13,18H,8-10H2,1-2H3,(H,16,19). The van der Waals surface area contributed by atoms with Crippen molar-refractivity contribution in [3.05, 3.63) is 35.9 Å². The number of carbonyl (C=O) groups is 1. The third-order valence-electron chi connectivity index (χ3n) is 3.24. The van der Waals surface area contributed by atoms with E-state index in [9.17, 15) is 4.79 Å². The summed E-state index contributed by atoms with van der Waals surface area (Å²) in [6.07, 6.45) is -0.116. The summed E-state index contributed by atoms with van der Waals surface area (Å²) in [5.74, 6) is -0.193. The maximum Gasteiger partial charge on any atom is 0.264 e. The van der Waals surface area contributed by atoms with E-state index < -0.39 is 6.10 Å². The zero-order chi connectivity index (χ0) is 14.6. The fourth-order valence-electron chi connectivity index (χ4n) is 1.82. The highest BCUT2D eigenvalue weighted by Gasteiger charge is 2.29. The molecule has 5 nitrogen and oxygen atoms in total. The molecule has 2 N–H and O–H groups in total. The van der Waals surface area contributed by atoms with Crippen LogP contribution in [0.25, 0.3) is 0 Å². The summed E-state index contributed by atoms with van der Waals surface area (Å²) in [5, 5.41) is 15.9. The molecule has 20 heavy (non-hydrogen) atoms. The smallest absolute Gasteiger partial charge is 0.264 e. The Kier molecular flexibility index (Phi) is 4.39. The Morgan fingerprint density at radius 3 is 2.80 bits per heavy atom. The van der Waals surface area contributed by atoms with E-state index in [1.54, 1.807) is 0 Å². The lowest BCUT2D eigenvalue weighted by molar-refractivity contribution is -0.131. The van der Waals surface area contributed by atoms with Crippen LogP contribution in [0.3, 0.4) is 0 Å². The molecular weight excluding hydrogens is 256 g/mol. The van der Waals surface area contributed by atoms with E-state index in [0.29, 0.717) is 13.0 Å². The molecule has 0 saturated heterocycles. The van der Waals surface area contributed by atoms with Gasteiger partial charge in [-0.2, -0.15) is 0 Å². The fourth-order valence-corrected chi connectivity index (χ4v) is 1.82. The molecule has 1 aromatic rings. The van der Waals surface area contributed by atoms with E-state index in [0.717, 1.165) is 11.3 Å². The number of amides is 1. The first-order valence-corrected chi connectivity index (χ1v) is 6.68. The van der Waals surface area contributed by atoms with Gasteiger partial charge in [0.2, 0.25) is 6.10 Å². The van der Waals surface area contributed by atoms with Crippen LogP contribution in [0.2, 0.25) is 0 Å². The summed E-state index contributed by atoms with van der Waals surface area (Å²) in [6, 6.07) is 9.67. The summed E-state index contributed by atoms with van der Waals surface area (Å²) >= 11 is 0. The van der Waals surface area contributed by atoms with Gasteiger partial charge in [0.05, 0.1) is 5.71 Å². The van der Waals surface area contributed by atoms with Crippen LogP contribution >= 0.6 is 0 Å². The van der Waals surface area contributed by atoms with Crippen molar-refractivity contribution in [1.29, 1.82) is 0 Å². The average Bonchev–Trinajstić information content (AvgIpc) is 2.96. The third-order valence-corrected chi connectivity index (χ3v) is 3.24. The molecule has 1 heterocycles. The highest BCUT2D eigenvalue weighted by atomic mass is 16.6. The van der Waals surface area contributed by atoms with Gasteiger partial charge < -0.3 is 15.3 Å².